The predicted octanol–water partition coefficient (Wildman–Crippen LogP) is 3.91. The molecular weight excluding hydrogens is 253 g/mol. The molecule has 2 atom stereocenters. The van der Waals surface area contributed by atoms with Crippen molar-refractivity contribution in [1.29, 1.82) is 0 Å². The fourth-order valence-corrected chi connectivity index (χ4v) is 2.65. The zero-order chi connectivity index (χ0) is 14.1. The molecule has 1 aliphatic heterocycles. The van der Waals surface area contributed by atoms with Crippen molar-refractivity contribution < 1.29 is 9.13 Å². The number of rotatable bonds is 2. The average Bonchev–Trinajstić information content (AvgIpc) is 2.46. The van der Waals surface area contributed by atoms with Crippen LogP contribution in [-0.4, -0.2) is 0 Å². The normalized spacial score (nSPS) is 21.1. The highest BCUT2D eigenvalue weighted by Crippen LogP contribution is 2.39. The van der Waals surface area contributed by atoms with Gasteiger partial charge in [0.15, 0.2) is 0 Å². The first-order chi connectivity index (χ1) is 9.67. The molecule has 2 aromatic carbocycles. The van der Waals surface area contributed by atoms with Crippen molar-refractivity contribution in [2.75, 3.05) is 0 Å². The average molecular weight is 271 g/mol. The first-order valence-electron chi connectivity index (χ1n) is 6.98. The van der Waals surface area contributed by atoms with Crippen molar-refractivity contribution in [2.45, 2.75) is 31.9 Å². The van der Waals surface area contributed by atoms with Crippen LogP contribution < -0.4 is 10.5 Å². The summed E-state index contributed by atoms with van der Waals surface area (Å²) in [7, 11) is 0. The highest BCUT2D eigenvalue weighted by molar-refractivity contribution is 5.39. The van der Waals surface area contributed by atoms with Crippen LogP contribution in [0.1, 0.15) is 42.2 Å². The Bertz CT molecular complexity index is 609. The van der Waals surface area contributed by atoms with E-state index in [9.17, 15) is 4.39 Å². The number of halogens is 1. The lowest BCUT2D eigenvalue weighted by Gasteiger charge is -2.30. The zero-order valence-electron chi connectivity index (χ0n) is 11.5. The Labute approximate surface area is 118 Å². The minimum absolute atomic E-state index is 0.106. The molecule has 0 aliphatic carbocycles. The van der Waals surface area contributed by atoms with Crippen LogP contribution in [0.15, 0.2) is 42.5 Å². The smallest absolute Gasteiger partial charge is 0.127 e. The Kier molecular flexibility index (Phi) is 3.45. The summed E-state index contributed by atoms with van der Waals surface area (Å²) in [6.07, 6.45) is 1.62. The molecule has 0 saturated heterocycles. The van der Waals surface area contributed by atoms with Crippen molar-refractivity contribution in [1.82, 2.24) is 0 Å². The first-order valence-corrected chi connectivity index (χ1v) is 6.98. The van der Waals surface area contributed by atoms with Crippen molar-refractivity contribution in [3.63, 3.8) is 0 Å². The van der Waals surface area contributed by atoms with Gasteiger partial charge >= 0.3 is 0 Å². The molecule has 1 aliphatic rings. The number of fused-ring (bicyclic) bond motifs is 1. The van der Waals surface area contributed by atoms with Crippen molar-refractivity contribution in [2.24, 2.45) is 5.73 Å². The maximum atomic E-state index is 13.3. The van der Waals surface area contributed by atoms with E-state index in [-0.39, 0.29) is 18.0 Å². The van der Waals surface area contributed by atoms with Gasteiger partial charge in [-0.05, 0) is 23.6 Å². The zero-order valence-corrected chi connectivity index (χ0v) is 11.5. The molecule has 0 saturated carbocycles. The van der Waals surface area contributed by atoms with Gasteiger partial charge in [0.2, 0.25) is 0 Å². The van der Waals surface area contributed by atoms with Crippen LogP contribution in [0.2, 0.25) is 0 Å². The molecule has 20 heavy (non-hydrogen) atoms. The molecule has 3 heteroatoms. The Balaban J connectivity index is 1.89. The molecule has 1 heterocycles. The molecule has 2 N–H and O–H groups in total. The van der Waals surface area contributed by atoms with Gasteiger partial charge < -0.3 is 10.5 Å². The largest absolute Gasteiger partial charge is 0.485 e. The third-order valence-electron chi connectivity index (χ3n) is 3.87. The first kappa shape index (κ1) is 13.1. The van der Waals surface area contributed by atoms with Crippen molar-refractivity contribution >= 4 is 0 Å². The van der Waals surface area contributed by atoms with Crippen LogP contribution in [0, 0.1) is 5.82 Å². The fraction of sp³-hybridized carbons (Fsp3) is 0.294. The molecule has 2 nitrogen and oxygen atoms in total. The second-order valence-electron chi connectivity index (χ2n) is 5.23. The lowest BCUT2D eigenvalue weighted by atomic mass is 9.93. The number of benzene rings is 2. The Morgan fingerprint density at radius 3 is 2.65 bits per heavy atom. The Morgan fingerprint density at radius 2 is 1.95 bits per heavy atom. The molecule has 0 aromatic heterocycles. The summed E-state index contributed by atoms with van der Waals surface area (Å²) in [5.74, 6) is 0.270. The SMILES string of the molecule is CCc1ccc(C2C[C@H](N)c3ccc(F)cc3O2)cc1. The predicted molar refractivity (Wildman–Crippen MR) is 77.1 cm³/mol. The van der Waals surface area contributed by atoms with Crippen LogP contribution in [-0.2, 0) is 6.42 Å². The lowest BCUT2D eigenvalue weighted by Crippen LogP contribution is -2.24. The van der Waals surface area contributed by atoms with Crippen molar-refractivity contribution in [3.05, 3.63) is 65.0 Å². The molecule has 3 rings (SSSR count). The summed E-state index contributed by atoms with van der Waals surface area (Å²) in [6.45, 7) is 2.13. The van der Waals surface area contributed by atoms with E-state index in [0.29, 0.717) is 12.2 Å². The van der Waals surface area contributed by atoms with Gasteiger partial charge in [-0.3, -0.25) is 0 Å². The summed E-state index contributed by atoms with van der Waals surface area (Å²) in [5, 5.41) is 0. The maximum Gasteiger partial charge on any atom is 0.127 e. The third-order valence-corrected chi connectivity index (χ3v) is 3.87. The molecule has 0 amide bonds. The van der Waals surface area contributed by atoms with Gasteiger partial charge in [-0.15, -0.1) is 0 Å². The molecule has 0 spiro atoms. The van der Waals surface area contributed by atoms with E-state index in [1.54, 1.807) is 6.07 Å². The van der Waals surface area contributed by atoms with Gasteiger partial charge in [-0.1, -0.05) is 37.3 Å². The topological polar surface area (TPSA) is 35.2 Å². The molecule has 0 bridgehead atoms. The fourth-order valence-electron chi connectivity index (χ4n) is 2.65. The number of hydrogen-bond donors (Lipinski definition) is 1. The summed E-state index contributed by atoms with van der Waals surface area (Å²) in [4.78, 5) is 0. The minimum Gasteiger partial charge on any atom is -0.485 e. The van der Waals surface area contributed by atoms with E-state index in [2.05, 4.69) is 31.2 Å². The number of nitrogens with two attached hydrogens (primary N) is 1. The summed E-state index contributed by atoms with van der Waals surface area (Å²) >= 11 is 0. The van der Waals surface area contributed by atoms with E-state index in [4.69, 9.17) is 10.5 Å². The quantitative estimate of drug-likeness (QED) is 0.898. The van der Waals surface area contributed by atoms with Crippen LogP contribution in [0.5, 0.6) is 5.75 Å². The molecular formula is C17H18FNO. The molecule has 0 radical (unpaired) electrons. The van der Waals surface area contributed by atoms with E-state index < -0.39 is 0 Å². The molecule has 2 aromatic rings. The minimum atomic E-state index is -0.294. The summed E-state index contributed by atoms with van der Waals surface area (Å²) in [6, 6.07) is 12.8. The number of ether oxygens (including phenoxy) is 1. The monoisotopic (exact) mass is 271 g/mol. The highest BCUT2D eigenvalue weighted by atomic mass is 19.1. The standard InChI is InChI=1S/C17H18FNO/c1-2-11-3-5-12(6-4-11)16-10-15(19)14-8-7-13(18)9-17(14)20-16/h3-9,15-16H,2,10,19H2,1H3/t15-,16?/m0/s1. The van der Waals surface area contributed by atoms with Gasteiger partial charge in [0.25, 0.3) is 0 Å². The van der Waals surface area contributed by atoms with Crippen LogP contribution in [0.25, 0.3) is 0 Å². The summed E-state index contributed by atoms with van der Waals surface area (Å²) in [5.41, 5.74) is 9.44. The molecule has 104 valence electrons. The van der Waals surface area contributed by atoms with E-state index in [0.717, 1.165) is 17.5 Å². The number of hydrogen-bond acceptors (Lipinski definition) is 2. The second kappa shape index (κ2) is 5.25. The third kappa shape index (κ3) is 2.41. The maximum absolute atomic E-state index is 13.3. The van der Waals surface area contributed by atoms with E-state index in [1.165, 1.54) is 17.7 Å². The van der Waals surface area contributed by atoms with Crippen LogP contribution >= 0.6 is 0 Å². The van der Waals surface area contributed by atoms with Crippen molar-refractivity contribution in [3.8, 4) is 5.75 Å². The Hall–Kier alpha value is -1.87. The van der Waals surface area contributed by atoms with E-state index in [1.807, 2.05) is 0 Å². The van der Waals surface area contributed by atoms with Gasteiger partial charge in [0, 0.05) is 24.1 Å². The van der Waals surface area contributed by atoms with Gasteiger partial charge in [0.1, 0.15) is 17.7 Å². The van der Waals surface area contributed by atoms with Crippen LogP contribution in [0.4, 0.5) is 4.39 Å². The highest BCUT2D eigenvalue weighted by Gasteiger charge is 2.27. The number of aryl methyl sites for hydroxylation is 1. The van der Waals surface area contributed by atoms with Gasteiger partial charge in [-0.25, -0.2) is 4.39 Å². The molecule has 0 fully saturated rings. The van der Waals surface area contributed by atoms with Gasteiger partial charge in [-0.2, -0.15) is 0 Å². The van der Waals surface area contributed by atoms with Gasteiger partial charge in [0.05, 0.1) is 0 Å². The second-order valence-corrected chi connectivity index (χ2v) is 5.23. The van der Waals surface area contributed by atoms with Crippen LogP contribution in [0.3, 0.4) is 0 Å². The van der Waals surface area contributed by atoms with E-state index >= 15 is 0 Å². The molecule has 1 unspecified atom stereocenters. The summed E-state index contributed by atoms with van der Waals surface area (Å²) < 4.78 is 19.3. The lowest BCUT2D eigenvalue weighted by molar-refractivity contribution is 0.160. The Morgan fingerprint density at radius 1 is 1.20 bits per heavy atom.